The first-order valence-electron chi connectivity index (χ1n) is 12.6. The number of esters is 1. The smallest absolute Gasteiger partial charge is 0.337 e. The second kappa shape index (κ2) is 12.1. The average molecular weight is 553 g/mol. The molecule has 206 valence electrons. The van der Waals surface area contributed by atoms with E-state index in [0.29, 0.717) is 61.0 Å². The van der Waals surface area contributed by atoms with Crippen molar-refractivity contribution in [1.29, 1.82) is 0 Å². The van der Waals surface area contributed by atoms with Crippen molar-refractivity contribution in [3.8, 4) is 0 Å². The van der Waals surface area contributed by atoms with Gasteiger partial charge in [-0.3, -0.25) is 19.3 Å². The Kier molecular flexibility index (Phi) is 8.81. The number of rotatable bonds is 8. The maximum absolute atomic E-state index is 13.2. The number of ether oxygens (including phenoxy) is 1. The Morgan fingerprint density at radius 1 is 1.18 bits per heavy atom. The topological polar surface area (TPSA) is 149 Å². The van der Waals surface area contributed by atoms with E-state index >= 15 is 0 Å². The minimum absolute atomic E-state index is 0.0212. The van der Waals surface area contributed by atoms with Crippen LogP contribution in [0.5, 0.6) is 0 Å². The van der Waals surface area contributed by atoms with Gasteiger partial charge in [0, 0.05) is 43.8 Å². The monoisotopic (exact) mass is 552 g/mol. The van der Waals surface area contributed by atoms with E-state index in [0.717, 1.165) is 16.7 Å². The third-order valence-electron chi connectivity index (χ3n) is 7.10. The lowest BCUT2D eigenvalue weighted by atomic mass is 9.91. The molecule has 0 bridgehead atoms. The van der Waals surface area contributed by atoms with Crippen LogP contribution < -0.4 is 17.0 Å². The molecule has 2 aromatic carbocycles. The molecule has 10 nitrogen and oxygen atoms in total. The van der Waals surface area contributed by atoms with Gasteiger partial charge in [-0.2, -0.15) is 0 Å². The molecule has 0 spiro atoms. The van der Waals surface area contributed by atoms with Gasteiger partial charge in [-0.15, -0.1) is 0 Å². The third kappa shape index (κ3) is 6.36. The zero-order valence-corrected chi connectivity index (χ0v) is 22.8. The van der Waals surface area contributed by atoms with Gasteiger partial charge in [0.15, 0.2) is 0 Å². The van der Waals surface area contributed by atoms with E-state index in [1.165, 1.54) is 18.0 Å². The molecular formula is C28H33ClN6O4. The highest BCUT2D eigenvalue weighted by Gasteiger charge is 2.33. The fourth-order valence-electron chi connectivity index (χ4n) is 4.74. The largest absolute Gasteiger partial charge is 0.465 e. The standard InChI is InChI=1S/C28H33ClN6O4/c1-32-24(19-5-3-18(14-30)4-6-19)25-23(31)26(36)35(17-33-25)16-28(38)9-11-34(12-10-28)15-21-8-7-20(13-22(21)29)27(37)39-2/h3-8,13,17,38H,9-12,14-16,30-31H2,1-2H3. The first-order valence-corrected chi connectivity index (χ1v) is 13.0. The minimum atomic E-state index is -1.09. The second-order valence-corrected chi connectivity index (χ2v) is 10.1. The molecule has 0 saturated carbocycles. The summed E-state index contributed by atoms with van der Waals surface area (Å²) in [5, 5.41) is 11.8. The van der Waals surface area contributed by atoms with Gasteiger partial charge in [0.05, 0.1) is 36.9 Å². The van der Waals surface area contributed by atoms with Gasteiger partial charge in [-0.05, 0) is 36.1 Å². The molecule has 1 aliphatic heterocycles. The number of halogens is 1. The highest BCUT2D eigenvalue weighted by molar-refractivity contribution is 6.31. The molecule has 3 aromatic rings. The first-order chi connectivity index (χ1) is 18.7. The Balaban J connectivity index is 1.43. The SMILES string of the molecule is CN=C(c1ccc(CN)cc1)c1ncn(CC2(O)CCN(Cc3ccc(C(=O)OC)cc3Cl)CC2)c(=O)c1N. The molecule has 0 amide bonds. The number of benzene rings is 2. The summed E-state index contributed by atoms with van der Waals surface area (Å²) in [6, 6.07) is 12.6. The number of anilines is 1. The van der Waals surface area contributed by atoms with Crippen molar-refractivity contribution in [3.63, 3.8) is 0 Å². The summed E-state index contributed by atoms with van der Waals surface area (Å²) in [5.74, 6) is -0.441. The van der Waals surface area contributed by atoms with Crippen LogP contribution in [0.15, 0.2) is 58.6 Å². The molecule has 1 saturated heterocycles. The number of nitrogen functional groups attached to an aromatic ring is 1. The number of nitrogens with two attached hydrogens (primary N) is 2. The molecule has 1 fully saturated rings. The van der Waals surface area contributed by atoms with Gasteiger partial charge in [-0.25, -0.2) is 9.78 Å². The van der Waals surface area contributed by atoms with Crippen molar-refractivity contribution < 1.29 is 14.6 Å². The Morgan fingerprint density at radius 2 is 1.85 bits per heavy atom. The molecule has 2 heterocycles. The number of aromatic nitrogens is 2. The van der Waals surface area contributed by atoms with Crippen LogP contribution in [-0.2, 0) is 24.4 Å². The van der Waals surface area contributed by atoms with Crippen molar-refractivity contribution >= 4 is 29.0 Å². The van der Waals surface area contributed by atoms with Crippen molar-refractivity contribution in [2.45, 2.75) is 38.1 Å². The van der Waals surface area contributed by atoms with Crippen LogP contribution >= 0.6 is 11.6 Å². The van der Waals surface area contributed by atoms with Gasteiger partial charge < -0.3 is 21.3 Å². The number of carbonyl (C=O) groups excluding carboxylic acids is 1. The molecule has 0 unspecified atom stereocenters. The van der Waals surface area contributed by atoms with Crippen molar-refractivity contribution in [1.82, 2.24) is 14.5 Å². The highest BCUT2D eigenvalue weighted by atomic mass is 35.5. The molecule has 0 aliphatic carbocycles. The van der Waals surface area contributed by atoms with E-state index in [9.17, 15) is 14.7 Å². The number of piperidine rings is 1. The van der Waals surface area contributed by atoms with Gasteiger partial charge in [0.1, 0.15) is 11.4 Å². The Bertz CT molecular complexity index is 1430. The summed E-state index contributed by atoms with van der Waals surface area (Å²) in [7, 11) is 2.95. The Hall–Kier alpha value is -3.57. The summed E-state index contributed by atoms with van der Waals surface area (Å²) < 4.78 is 6.10. The fourth-order valence-corrected chi connectivity index (χ4v) is 4.98. The van der Waals surface area contributed by atoms with Gasteiger partial charge in [0.25, 0.3) is 5.56 Å². The summed E-state index contributed by atoms with van der Waals surface area (Å²) in [5.41, 5.74) is 14.2. The summed E-state index contributed by atoms with van der Waals surface area (Å²) in [4.78, 5) is 35.8. The van der Waals surface area contributed by atoms with Crippen molar-refractivity contribution in [2.75, 3.05) is 33.0 Å². The quantitative estimate of drug-likeness (QED) is 0.284. The number of aliphatic imine (C=N–C) groups is 1. The second-order valence-electron chi connectivity index (χ2n) is 9.71. The van der Waals surface area contributed by atoms with Crippen LogP contribution in [0, 0.1) is 0 Å². The van der Waals surface area contributed by atoms with Gasteiger partial charge in [0.2, 0.25) is 0 Å². The van der Waals surface area contributed by atoms with E-state index in [1.807, 2.05) is 30.3 Å². The average Bonchev–Trinajstić information content (AvgIpc) is 2.95. The van der Waals surface area contributed by atoms with E-state index in [1.54, 1.807) is 19.2 Å². The summed E-state index contributed by atoms with van der Waals surface area (Å²) in [6.07, 6.45) is 2.32. The molecule has 39 heavy (non-hydrogen) atoms. The van der Waals surface area contributed by atoms with Crippen LogP contribution in [0.2, 0.25) is 5.02 Å². The molecular weight excluding hydrogens is 520 g/mol. The number of hydrogen-bond acceptors (Lipinski definition) is 9. The predicted octanol–water partition coefficient (Wildman–Crippen LogP) is 2.22. The summed E-state index contributed by atoms with van der Waals surface area (Å²) >= 11 is 6.39. The number of hydrogen-bond donors (Lipinski definition) is 3. The van der Waals surface area contributed by atoms with Crippen molar-refractivity contribution in [3.05, 3.63) is 92.1 Å². The van der Waals surface area contributed by atoms with Gasteiger partial charge >= 0.3 is 5.97 Å². The van der Waals surface area contributed by atoms with E-state index in [-0.39, 0.29) is 12.2 Å². The molecule has 1 aromatic heterocycles. The van der Waals surface area contributed by atoms with Crippen LogP contribution in [-0.4, -0.2) is 64.1 Å². The molecule has 4 rings (SSSR count). The predicted molar refractivity (Wildman–Crippen MR) is 151 cm³/mol. The molecule has 0 atom stereocenters. The first kappa shape index (κ1) is 28.4. The maximum atomic E-state index is 13.2. The molecule has 1 aliphatic rings. The molecule has 11 heteroatoms. The number of likely N-dealkylation sites (tertiary alicyclic amines) is 1. The van der Waals surface area contributed by atoms with Crippen LogP contribution in [0.4, 0.5) is 5.69 Å². The lowest BCUT2D eigenvalue weighted by Gasteiger charge is -2.38. The zero-order valence-electron chi connectivity index (χ0n) is 22.1. The molecule has 0 radical (unpaired) electrons. The van der Waals surface area contributed by atoms with E-state index in [4.69, 9.17) is 27.8 Å². The molecule has 5 N–H and O–H groups in total. The number of methoxy groups -OCH3 is 1. The number of nitrogens with zero attached hydrogens (tertiary/aromatic N) is 4. The van der Waals surface area contributed by atoms with Crippen molar-refractivity contribution in [2.24, 2.45) is 10.7 Å². The highest BCUT2D eigenvalue weighted by Crippen LogP contribution is 2.27. The van der Waals surface area contributed by atoms with Gasteiger partial charge in [-0.1, -0.05) is 41.9 Å². The maximum Gasteiger partial charge on any atom is 0.337 e. The Labute approximate surface area is 231 Å². The Morgan fingerprint density at radius 3 is 2.44 bits per heavy atom. The normalized spacial score (nSPS) is 15.8. The van der Waals surface area contributed by atoms with Crippen LogP contribution in [0.25, 0.3) is 0 Å². The van der Waals surface area contributed by atoms with Crippen LogP contribution in [0.1, 0.15) is 45.6 Å². The lowest BCUT2D eigenvalue weighted by molar-refractivity contribution is -0.0365. The van der Waals surface area contributed by atoms with Crippen LogP contribution in [0.3, 0.4) is 0 Å². The third-order valence-corrected chi connectivity index (χ3v) is 7.45. The summed E-state index contributed by atoms with van der Waals surface area (Å²) in [6.45, 7) is 2.29. The zero-order chi connectivity index (χ0) is 28.2. The lowest BCUT2D eigenvalue weighted by Crippen LogP contribution is -2.48. The number of carbonyl (C=O) groups is 1. The van der Waals surface area contributed by atoms with E-state index < -0.39 is 17.1 Å². The fraction of sp³-hybridized carbons (Fsp3) is 0.357. The number of aliphatic hydroxyl groups is 1. The minimum Gasteiger partial charge on any atom is -0.465 e. The van der Waals surface area contributed by atoms with E-state index in [2.05, 4.69) is 14.9 Å².